The highest BCUT2D eigenvalue weighted by atomic mass is 16.5. The largest absolute Gasteiger partial charge is 0.379 e. The molecule has 2 aromatic rings. The van der Waals surface area contributed by atoms with Gasteiger partial charge in [-0.25, -0.2) is 4.98 Å². The third-order valence-electron chi connectivity index (χ3n) is 4.45. The molecule has 5 nitrogen and oxygen atoms in total. The maximum absolute atomic E-state index is 6.29. The van der Waals surface area contributed by atoms with Gasteiger partial charge >= 0.3 is 0 Å². The van der Waals surface area contributed by atoms with Crippen LogP contribution in [0.2, 0.25) is 0 Å². The highest BCUT2D eigenvalue weighted by Crippen LogP contribution is 2.22. The normalized spacial score (nSPS) is 18.0. The van der Waals surface area contributed by atoms with E-state index in [-0.39, 0.29) is 6.04 Å². The molecule has 0 radical (unpaired) electrons. The number of nitrogens with two attached hydrogens (primary N) is 1. The molecular weight excluding hydrogens is 276 g/mol. The van der Waals surface area contributed by atoms with E-state index in [4.69, 9.17) is 15.5 Å². The van der Waals surface area contributed by atoms with Gasteiger partial charge in [-0.3, -0.25) is 4.90 Å². The van der Waals surface area contributed by atoms with E-state index < -0.39 is 0 Å². The summed E-state index contributed by atoms with van der Waals surface area (Å²) in [6.07, 6.45) is 0.903. The van der Waals surface area contributed by atoms with Crippen molar-refractivity contribution in [2.75, 3.05) is 32.8 Å². The first-order valence-corrected chi connectivity index (χ1v) is 8.21. The molecule has 0 spiro atoms. The minimum atomic E-state index is -0.00241. The number of nitrogens with zero attached hydrogens (tertiary/aromatic N) is 3. The predicted octanol–water partition coefficient (Wildman–Crippen LogP) is 2.09. The molecular formula is C17H26N4O. The van der Waals surface area contributed by atoms with E-state index in [1.165, 1.54) is 11.1 Å². The van der Waals surface area contributed by atoms with Gasteiger partial charge in [0.15, 0.2) is 0 Å². The molecule has 0 aliphatic carbocycles. The highest BCUT2D eigenvalue weighted by Gasteiger charge is 2.17. The van der Waals surface area contributed by atoms with E-state index in [0.29, 0.717) is 0 Å². The van der Waals surface area contributed by atoms with Crippen LogP contribution in [0.4, 0.5) is 0 Å². The van der Waals surface area contributed by atoms with Crippen molar-refractivity contribution in [3.8, 4) is 0 Å². The number of morpholine rings is 1. The summed E-state index contributed by atoms with van der Waals surface area (Å²) in [5.74, 6) is 1.01. The summed E-state index contributed by atoms with van der Waals surface area (Å²) in [5.41, 5.74) is 9.78. The third kappa shape index (κ3) is 3.16. The zero-order valence-electron chi connectivity index (χ0n) is 13.6. The number of hydrogen-bond acceptors (Lipinski definition) is 4. The van der Waals surface area contributed by atoms with E-state index in [9.17, 15) is 0 Å². The van der Waals surface area contributed by atoms with Crippen LogP contribution in [-0.4, -0.2) is 47.3 Å². The molecule has 1 aliphatic heterocycles. The summed E-state index contributed by atoms with van der Waals surface area (Å²) >= 11 is 0. The first-order valence-electron chi connectivity index (χ1n) is 8.21. The number of imidazole rings is 1. The van der Waals surface area contributed by atoms with Crippen molar-refractivity contribution in [2.45, 2.75) is 32.9 Å². The number of aromatic nitrogens is 2. The molecule has 3 rings (SSSR count). The smallest absolute Gasteiger partial charge is 0.126 e. The van der Waals surface area contributed by atoms with Crippen molar-refractivity contribution < 1.29 is 4.74 Å². The Morgan fingerprint density at radius 3 is 2.77 bits per heavy atom. The Morgan fingerprint density at radius 2 is 2.05 bits per heavy atom. The standard InChI is InChI=1S/C17H26N4O/c1-3-14(18)17-19-15-12-13(2)4-5-16(15)21(17)7-6-20-8-10-22-11-9-20/h4-5,12,14H,3,6-11,18H2,1-2H3. The van der Waals surface area contributed by atoms with Crippen LogP contribution >= 0.6 is 0 Å². The topological polar surface area (TPSA) is 56.3 Å². The van der Waals surface area contributed by atoms with Crippen molar-refractivity contribution in [1.29, 1.82) is 0 Å². The predicted molar refractivity (Wildman–Crippen MR) is 88.9 cm³/mol. The molecule has 2 N–H and O–H groups in total. The lowest BCUT2D eigenvalue weighted by atomic mass is 10.2. The van der Waals surface area contributed by atoms with Gasteiger partial charge in [-0.05, 0) is 31.0 Å². The second kappa shape index (κ2) is 6.77. The number of rotatable bonds is 5. The lowest BCUT2D eigenvalue weighted by Gasteiger charge is -2.27. The summed E-state index contributed by atoms with van der Waals surface area (Å²) in [7, 11) is 0. The van der Waals surface area contributed by atoms with E-state index in [2.05, 4.69) is 41.5 Å². The highest BCUT2D eigenvalue weighted by molar-refractivity contribution is 5.77. The van der Waals surface area contributed by atoms with Crippen molar-refractivity contribution in [3.63, 3.8) is 0 Å². The van der Waals surface area contributed by atoms with Gasteiger partial charge in [0.25, 0.3) is 0 Å². The van der Waals surface area contributed by atoms with Crippen LogP contribution in [0.1, 0.15) is 30.8 Å². The lowest BCUT2D eigenvalue weighted by Crippen LogP contribution is -2.38. The first-order chi connectivity index (χ1) is 10.7. The van der Waals surface area contributed by atoms with Gasteiger partial charge in [0.05, 0.1) is 30.3 Å². The zero-order chi connectivity index (χ0) is 15.5. The number of aryl methyl sites for hydroxylation is 1. The van der Waals surface area contributed by atoms with Crippen molar-refractivity contribution in [1.82, 2.24) is 14.5 Å². The maximum Gasteiger partial charge on any atom is 0.126 e. The van der Waals surface area contributed by atoms with Gasteiger partial charge in [0.2, 0.25) is 0 Å². The fourth-order valence-electron chi connectivity index (χ4n) is 3.03. The Balaban J connectivity index is 1.87. The minimum Gasteiger partial charge on any atom is -0.379 e. The molecule has 0 amide bonds. The Labute approximate surface area is 132 Å². The number of benzene rings is 1. The van der Waals surface area contributed by atoms with Crippen molar-refractivity contribution >= 4 is 11.0 Å². The molecule has 2 heterocycles. The molecule has 0 bridgehead atoms. The molecule has 1 unspecified atom stereocenters. The average Bonchev–Trinajstić information content (AvgIpc) is 2.90. The van der Waals surface area contributed by atoms with Gasteiger partial charge in [-0.1, -0.05) is 13.0 Å². The fourth-order valence-corrected chi connectivity index (χ4v) is 3.03. The second-order valence-corrected chi connectivity index (χ2v) is 6.08. The van der Waals surface area contributed by atoms with Gasteiger partial charge in [-0.2, -0.15) is 0 Å². The molecule has 5 heteroatoms. The van der Waals surface area contributed by atoms with E-state index in [1.807, 2.05) is 0 Å². The van der Waals surface area contributed by atoms with Crippen molar-refractivity contribution in [3.05, 3.63) is 29.6 Å². The summed E-state index contributed by atoms with van der Waals surface area (Å²) in [4.78, 5) is 7.25. The fraction of sp³-hybridized carbons (Fsp3) is 0.588. The Morgan fingerprint density at radius 1 is 1.27 bits per heavy atom. The quantitative estimate of drug-likeness (QED) is 0.919. The van der Waals surface area contributed by atoms with Crippen molar-refractivity contribution in [2.24, 2.45) is 5.73 Å². The second-order valence-electron chi connectivity index (χ2n) is 6.08. The molecule has 1 fully saturated rings. The maximum atomic E-state index is 6.29. The molecule has 1 aliphatic rings. The monoisotopic (exact) mass is 302 g/mol. The molecule has 120 valence electrons. The summed E-state index contributed by atoms with van der Waals surface area (Å²) in [6, 6.07) is 6.46. The SMILES string of the molecule is CCC(N)c1nc2cc(C)ccc2n1CCN1CCOCC1. The van der Waals surface area contributed by atoms with E-state index >= 15 is 0 Å². The third-order valence-corrected chi connectivity index (χ3v) is 4.45. The number of fused-ring (bicyclic) bond motifs is 1. The first kappa shape index (κ1) is 15.5. The Bertz CT molecular complexity index is 631. The molecule has 22 heavy (non-hydrogen) atoms. The van der Waals surface area contributed by atoms with Crippen LogP contribution in [0.5, 0.6) is 0 Å². The molecule has 1 atom stereocenters. The summed E-state index contributed by atoms with van der Waals surface area (Å²) in [5, 5.41) is 0. The molecule has 1 aromatic heterocycles. The Hall–Kier alpha value is -1.43. The van der Waals surface area contributed by atoms with Crippen LogP contribution in [0.3, 0.4) is 0 Å². The lowest BCUT2D eigenvalue weighted by molar-refractivity contribution is 0.0364. The zero-order valence-corrected chi connectivity index (χ0v) is 13.6. The van der Waals surface area contributed by atoms with Crippen LogP contribution in [0.25, 0.3) is 11.0 Å². The average molecular weight is 302 g/mol. The van der Waals surface area contributed by atoms with Crippen LogP contribution in [0.15, 0.2) is 18.2 Å². The van der Waals surface area contributed by atoms with Gasteiger partial charge in [0.1, 0.15) is 5.82 Å². The van der Waals surface area contributed by atoms with E-state index in [0.717, 1.165) is 57.2 Å². The van der Waals surface area contributed by atoms with Gasteiger partial charge in [0, 0.05) is 26.2 Å². The minimum absolute atomic E-state index is 0.00241. The molecule has 1 saturated heterocycles. The van der Waals surface area contributed by atoms with Crippen LogP contribution in [-0.2, 0) is 11.3 Å². The van der Waals surface area contributed by atoms with Gasteiger partial charge in [-0.15, -0.1) is 0 Å². The van der Waals surface area contributed by atoms with Crippen LogP contribution < -0.4 is 5.73 Å². The molecule has 1 aromatic carbocycles. The van der Waals surface area contributed by atoms with Gasteiger partial charge < -0.3 is 15.0 Å². The Kier molecular flexibility index (Phi) is 4.76. The molecule has 0 saturated carbocycles. The number of ether oxygens (including phenoxy) is 1. The number of hydrogen-bond donors (Lipinski definition) is 1. The van der Waals surface area contributed by atoms with E-state index in [1.54, 1.807) is 0 Å². The summed E-state index contributed by atoms with van der Waals surface area (Å²) in [6.45, 7) is 9.88. The summed E-state index contributed by atoms with van der Waals surface area (Å²) < 4.78 is 7.72. The van der Waals surface area contributed by atoms with Crippen LogP contribution in [0, 0.1) is 6.92 Å².